The number of carbonyl (C=O) groups excluding carboxylic acids is 1. The molecule has 1 saturated heterocycles. The number of amides is 1. The topological polar surface area (TPSA) is 23.6 Å². The van der Waals surface area contributed by atoms with Crippen molar-refractivity contribution in [2.24, 2.45) is 11.8 Å². The van der Waals surface area contributed by atoms with Crippen LogP contribution < -0.4 is 0 Å². The maximum Gasteiger partial charge on any atom is 0.239 e. The van der Waals surface area contributed by atoms with E-state index in [0.29, 0.717) is 5.92 Å². The van der Waals surface area contributed by atoms with Crippen LogP contribution in [0.1, 0.15) is 33.1 Å². The molecule has 0 aliphatic carbocycles. The predicted molar refractivity (Wildman–Crippen MR) is 67.3 cm³/mol. The van der Waals surface area contributed by atoms with Gasteiger partial charge in [0.2, 0.25) is 5.91 Å². The number of likely N-dealkylation sites (N-methyl/N-ethyl adjacent to an activating group) is 2. The Balaban J connectivity index is 2.63. The van der Waals surface area contributed by atoms with E-state index in [2.05, 4.69) is 25.8 Å². The molecule has 0 aromatic rings. The van der Waals surface area contributed by atoms with Gasteiger partial charge in [-0.05, 0) is 31.7 Å². The number of likely N-dealkylation sites (tertiary alicyclic amines) is 1. The molecule has 1 aliphatic rings. The molecule has 16 heavy (non-hydrogen) atoms. The van der Waals surface area contributed by atoms with E-state index in [1.54, 1.807) is 4.90 Å². The van der Waals surface area contributed by atoms with Crippen LogP contribution >= 0.6 is 0 Å². The van der Waals surface area contributed by atoms with Gasteiger partial charge in [0.1, 0.15) is 0 Å². The average molecular weight is 226 g/mol. The number of hydrogen-bond acceptors (Lipinski definition) is 2. The summed E-state index contributed by atoms with van der Waals surface area (Å²) in [6.45, 7) is 5.60. The van der Waals surface area contributed by atoms with Gasteiger partial charge in [0.25, 0.3) is 0 Å². The van der Waals surface area contributed by atoms with Crippen molar-refractivity contribution in [3.8, 4) is 0 Å². The van der Waals surface area contributed by atoms with Crippen LogP contribution in [0.25, 0.3) is 0 Å². The molecule has 0 aromatic heterocycles. The summed E-state index contributed by atoms with van der Waals surface area (Å²) in [5.41, 5.74) is 0. The van der Waals surface area contributed by atoms with E-state index in [9.17, 15) is 4.79 Å². The number of rotatable bonds is 3. The minimum absolute atomic E-state index is 0.0955. The van der Waals surface area contributed by atoms with E-state index in [1.807, 2.05) is 14.1 Å². The second-order valence-corrected chi connectivity index (χ2v) is 5.45. The van der Waals surface area contributed by atoms with Gasteiger partial charge >= 0.3 is 0 Å². The fraction of sp³-hybridized carbons (Fsp3) is 0.923. The van der Waals surface area contributed by atoms with E-state index in [1.165, 1.54) is 12.8 Å². The number of hydrogen-bond donors (Lipinski definition) is 0. The van der Waals surface area contributed by atoms with Gasteiger partial charge in [-0.25, -0.2) is 0 Å². The van der Waals surface area contributed by atoms with Gasteiger partial charge in [-0.3, -0.25) is 9.69 Å². The van der Waals surface area contributed by atoms with Crippen molar-refractivity contribution in [2.45, 2.75) is 39.2 Å². The zero-order valence-electron chi connectivity index (χ0n) is 11.4. The molecule has 3 heteroatoms. The summed E-state index contributed by atoms with van der Waals surface area (Å²) in [6, 6.07) is 0.0955. The van der Waals surface area contributed by atoms with Crippen LogP contribution in [0.4, 0.5) is 0 Å². The molecular weight excluding hydrogens is 200 g/mol. The van der Waals surface area contributed by atoms with Crippen LogP contribution in [0, 0.1) is 11.8 Å². The Hall–Kier alpha value is -0.570. The molecule has 0 aromatic carbocycles. The summed E-state index contributed by atoms with van der Waals surface area (Å²) in [5, 5.41) is 0. The molecule has 0 bridgehead atoms. The first-order valence-corrected chi connectivity index (χ1v) is 6.38. The van der Waals surface area contributed by atoms with Crippen molar-refractivity contribution in [1.82, 2.24) is 9.80 Å². The zero-order valence-corrected chi connectivity index (χ0v) is 11.4. The predicted octanol–water partition coefficient (Wildman–Crippen LogP) is 1.83. The quantitative estimate of drug-likeness (QED) is 0.733. The van der Waals surface area contributed by atoms with E-state index in [0.717, 1.165) is 18.9 Å². The van der Waals surface area contributed by atoms with Crippen LogP contribution in [0.3, 0.4) is 0 Å². The molecule has 1 heterocycles. The van der Waals surface area contributed by atoms with Crippen molar-refractivity contribution in [3.63, 3.8) is 0 Å². The average Bonchev–Trinajstić information content (AvgIpc) is 2.22. The lowest BCUT2D eigenvalue weighted by atomic mass is 9.80. The monoisotopic (exact) mass is 226 g/mol. The lowest BCUT2D eigenvalue weighted by molar-refractivity contribution is -0.136. The SMILES string of the molecule is CCCC1CN(C)C(C(=O)N(C)C)CC1C. The molecule has 0 N–H and O–H groups in total. The molecule has 3 unspecified atom stereocenters. The van der Waals surface area contributed by atoms with Crippen LogP contribution in [-0.2, 0) is 4.79 Å². The molecule has 94 valence electrons. The molecule has 1 fully saturated rings. The molecule has 1 rings (SSSR count). The minimum atomic E-state index is 0.0955. The summed E-state index contributed by atoms with van der Waals surface area (Å²) >= 11 is 0. The molecule has 0 radical (unpaired) electrons. The van der Waals surface area contributed by atoms with Crippen LogP contribution in [0.5, 0.6) is 0 Å². The summed E-state index contributed by atoms with van der Waals surface area (Å²) in [4.78, 5) is 16.0. The third-order valence-corrected chi connectivity index (χ3v) is 3.84. The maximum atomic E-state index is 12.0. The standard InChI is InChI=1S/C13H26N2O/c1-6-7-11-9-15(5)12(8-10(11)2)13(16)14(3)4/h10-12H,6-9H2,1-5H3. The third-order valence-electron chi connectivity index (χ3n) is 3.84. The Morgan fingerprint density at radius 1 is 1.44 bits per heavy atom. The summed E-state index contributed by atoms with van der Waals surface area (Å²) in [6.07, 6.45) is 3.54. The number of carbonyl (C=O) groups is 1. The molecule has 3 atom stereocenters. The normalized spacial score (nSPS) is 31.4. The van der Waals surface area contributed by atoms with E-state index in [4.69, 9.17) is 0 Å². The van der Waals surface area contributed by atoms with E-state index >= 15 is 0 Å². The van der Waals surface area contributed by atoms with Gasteiger partial charge in [-0.2, -0.15) is 0 Å². The number of nitrogens with zero attached hydrogens (tertiary/aromatic N) is 2. The fourth-order valence-corrected chi connectivity index (χ4v) is 2.74. The highest BCUT2D eigenvalue weighted by Crippen LogP contribution is 2.30. The van der Waals surface area contributed by atoms with Crippen molar-refractivity contribution in [3.05, 3.63) is 0 Å². The Kier molecular flexibility index (Phi) is 4.78. The van der Waals surface area contributed by atoms with Crippen molar-refractivity contribution >= 4 is 5.91 Å². The van der Waals surface area contributed by atoms with E-state index < -0.39 is 0 Å². The van der Waals surface area contributed by atoms with Crippen LogP contribution in [0.2, 0.25) is 0 Å². The minimum Gasteiger partial charge on any atom is -0.347 e. The maximum absolute atomic E-state index is 12.0. The molecule has 3 nitrogen and oxygen atoms in total. The molecule has 0 spiro atoms. The third kappa shape index (κ3) is 2.97. The summed E-state index contributed by atoms with van der Waals surface area (Å²) < 4.78 is 0. The Morgan fingerprint density at radius 3 is 2.56 bits per heavy atom. The lowest BCUT2D eigenvalue weighted by Crippen LogP contribution is -2.51. The summed E-state index contributed by atoms with van der Waals surface area (Å²) in [7, 11) is 5.78. The first-order valence-electron chi connectivity index (χ1n) is 6.38. The van der Waals surface area contributed by atoms with Gasteiger partial charge in [-0.15, -0.1) is 0 Å². The molecule has 0 saturated carbocycles. The van der Waals surface area contributed by atoms with Crippen LogP contribution in [-0.4, -0.2) is 49.4 Å². The van der Waals surface area contributed by atoms with Gasteiger partial charge in [-0.1, -0.05) is 20.3 Å². The van der Waals surface area contributed by atoms with E-state index in [-0.39, 0.29) is 11.9 Å². The second-order valence-electron chi connectivity index (χ2n) is 5.45. The van der Waals surface area contributed by atoms with Gasteiger partial charge in [0.05, 0.1) is 6.04 Å². The number of piperidine rings is 1. The highest BCUT2D eigenvalue weighted by molar-refractivity contribution is 5.81. The Labute approximate surface area is 99.8 Å². The van der Waals surface area contributed by atoms with Crippen LogP contribution in [0.15, 0.2) is 0 Å². The first-order chi connectivity index (χ1) is 7.47. The van der Waals surface area contributed by atoms with Crippen molar-refractivity contribution < 1.29 is 4.79 Å². The Morgan fingerprint density at radius 2 is 2.06 bits per heavy atom. The zero-order chi connectivity index (χ0) is 12.3. The first kappa shape index (κ1) is 13.5. The molecule has 1 aliphatic heterocycles. The highest BCUT2D eigenvalue weighted by atomic mass is 16.2. The van der Waals surface area contributed by atoms with Crippen molar-refractivity contribution in [2.75, 3.05) is 27.7 Å². The largest absolute Gasteiger partial charge is 0.347 e. The Bertz CT molecular complexity index is 240. The second kappa shape index (κ2) is 5.67. The van der Waals surface area contributed by atoms with Gasteiger partial charge < -0.3 is 4.90 Å². The molecule has 1 amide bonds. The van der Waals surface area contributed by atoms with Gasteiger partial charge in [0, 0.05) is 20.6 Å². The highest BCUT2D eigenvalue weighted by Gasteiger charge is 2.35. The smallest absolute Gasteiger partial charge is 0.239 e. The lowest BCUT2D eigenvalue weighted by Gasteiger charge is -2.41. The molecular formula is C13H26N2O. The fourth-order valence-electron chi connectivity index (χ4n) is 2.74. The van der Waals surface area contributed by atoms with Crippen molar-refractivity contribution in [1.29, 1.82) is 0 Å². The summed E-state index contributed by atoms with van der Waals surface area (Å²) in [5.74, 6) is 1.69. The van der Waals surface area contributed by atoms with Gasteiger partial charge in [0.15, 0.2) is 0 Å².